The van der Waals surface area contributed by atoms with Crippen molar-refractivity contribution in [1.82, 2.24) is 0 Å². The van der Waals surface area contributed by atoms with Gasteiger partial charge in [-0.25, -0.2) is 8.78 Å². The highest BCUT2D eigenvalue weighted by Crippen LogP contribution is 2.32. The molecule has 0 amide bonds. The van der Waals surface area contributed by atoms with E-state index in [4.69, 9.17) is 4.74 Å². The minimum Gasteiger partial charge on any atom is -0.508 e. The number of aryl methyl sites for hydroxylation is 1. The summed E-state index contributed by atoms with van der Waals surface area (Å²) in [6, 6.07) is 3.76. The molecule has 0 saturated heterocycles. The van der Waals surface area contributed by atoms with E-state index in [9.17, 15) is 18.7 Å². The molecular weight excluding hydrogens is 242 g/mol. The Labute approximate surface area is 104 Å². The van der Waals surface area contributed by atoms with Crippen LogP contribution in [0.15, 0.2) is 18.2 Å². The largest absolute Gasteiger partial charge is 0.508 e. The number of rotatable bonds is 5. The maximum Gasteiger partial charge on any atom is 0.306 e. The van der Waals surface area contributed by atoms with E-state index in [-0.39, 0.29) is 30.8 Å². The van der Waals surface area contributed by atoms with E-state index in [1.54, 1.807) is 6.92 Å². The molecule has 0 unspecified atom stereocenters. The van der Waals surface area contributed by atoms with Crippen LogP contribution in [0.5, 0.6) is 5.75 Å². The average molecular weight is 258 g/mol. The molecule has 18 heavy (non-hydrogen) atoms. The summed E-state index contributed by atoms with van der Waals surface area (Å²) < 4.78 is 31.4. The van der Waals surface area contributed by atoms with Gasteiger partial charge < -0.3 is 9.84 Å². The summed E-state index contributed by atoms with van der Waals surface area (Å²) in [6.07, 6.45) is 0.208. The summed E-state index contributed by atoms with van der Waals surface area (Å²) in [4.78, 5) is 11.2. The Kier molecular flexibility index (Phi) is 4.64. The SMILES string of the molecule is CCOC(=O)CCc1ccc(O)cc1C(C)(F)F. The number of aromatic hydroxyl groups is 1. The third-order valence-electron chi connectivity index (χ3n) is 2.47. The van der Waals surface area contributed by atoms with Crippen LogP contribution >= 0.6 is 0 Å². The Morgan fingerprint density at radius 2 is 2.11 bits per heavy atom. The first-order chi connectivity index (χ1) is 8.34. The van der Waals surface area contributed by atoms with Crippen molar-refractivity contribution in [3.8, 4) is 5.75 Å². The van der Waals surface area contributed by atoms with E-state index in [0.717, 1.165) is 13.0 Å². The quantitative estimate of drug-likeness (QED) is 0.826. The van der Waals surface area contributed by atoms with Crippen LogP contribution in [0, 0.1) is 0 Å². The molecule has 0 radical (unpaired) electrons. The molecule has 1 rings (SSSR count). The molecule has 0 fully saturated rings. The van der Waals surface area contributed by atoms with Crippen molar-refractivity contribution in [2.45, 2.75) is 32.6 Å². The topological polar surface area (TPSA) is 46.5 Å². The first-order valence-electron chi connectivity index (χ1n) is 5.70. The van der Waals surface area contributed by atoms with Gasteiger partial charge in [0.25, 0.3) is 5.92 Å². The number of benzene rings is 1. The molecule has 0 heterocycles. The third-order valence-corrected chi connectivity index (χ3v) is 2.47. The Hall–Kier alpha value is -1.65. The van der Waals surface area contributed by atoms with Gasteiger partial charge in [-0.3, -0.25) is 4.79 Å². The molecule has 0 aliphatic heterocycles. The molecule has 3 nitrogen and oxygen atoms in total. The van der Waals surface area contributed by atoms with Crippen molar-refractivity contribution in [3.05, 3.63) is 29.3 Å². The maximum atomic E-state index is 13.3. The predicted octanol–water partition coefficient (Wildman–Crippen LogP) is 3.00. The van der Waals surface area contributed by atoms with E-state index in [2.05, 4.69) is 0 Å². The molecule has 1 aromatic carbocycles. The zero-order valence-electron chi connectivity index (χ0n) is 10.4. The molecule has 0 aliphatic carbocycles. The second-order valence-electron chi connectivity index (χ2n) is 4.03. The van der Waals surface area contributed by atoms with Crippen molar-refractivity contribution in [1.29, 1.82) is 0 Å². The minimum atomic E-state index is -3.05. The number of carbonyl (C=O) groups is 1. The molecule has 0 bridgehead atoms. The standard InChI is InChI=1S/C13H16F2O3/c1-3-18-12(17)7-5-9-4-6-10(16)8-11(9)13(2,14)15/h4,6,8,16H,3,5,7H2,1-2H3. The average Bonchev–Trinajstić information content (AvgIpc) is 2.26. The Morgan fingerprint density at radius 3 is 2.67 bits per heavy atom. The molecule has 0 atom stereocenters. The minimum absolute atomic E-state index is 0.0433. The number of hydrogen-bond acceptors (Lipinski definition) is 3. The zero-order chi connectivity index (χ0) is 13.8. The van der Waals surface area contributed by atoms with E-state index in [1.165, 1.54) is 12.1 Å². The van der Waals surface area contributed by atoms with Crippen molar-refractivity contribution < 1.29 is 23.4 Å². The highest BCUT2D eigenvalue weighted by molar-refractivity contribution is 5.69. The Balaban J connectivity index is 2.85. The number of esters is 1. The summed E-state index contributed by atoms with van der Waals surface area (Å²) in [5.41, 5.74) is 0.0835. The number of hydrogen-bond donors (Lipinski definition) is 1. The third kappa shape index (κ3) is 3.98. The molecule has 0 spiro atoms. The second kappa shape index (κ2) is 5.80. The summed E-state index contributed by atoms with van der Waals surface area (Å²) in [7, 11) is 0. The van der Waals surface area contributed by atoms with E-state index >= 15 is 0 Å². The van der Waals surface area contributed by atoms with Gasteiger partial charge in [0.15, 0.2) is 0 Å². The summed E-state index contributed by atoms with van der Waals surface area (Å²) in [5.74, 6) is -3.69. The molecule has 0 aliphatic rings. The summed E-state index contributed by atoms with van der Waals surface area (Å²) >= 11 is 0. The summed E-state index contributed by atoms with van der Waals surface area (Å²) in [5, 5.41) is 9.24. The molecule has 0 saturated carbocycles. The predicted molar refractivity (Wildman–Crippen MR) is 62.6 cm³/mol. The van der Waals surface area contributed by atoms with E-state index < -0.39 is 11.9 Å². The summed E-state index contributed by atoms with van der Waals surface area (Å²) in [6.45, 7) is 2.71. The van der Waals surface area contributed by atoms with Gasteiger partial charge in [-0.15, -0.1) is 0 Å². The highest BCUT2D eigenvalue weighted by atomic mass is 19.3. The van der Waals surface area contributed by atoms with Gasteiger partial charge in [-0.1, -0.05) is 6.07 Å². The fourth-order valence-electron chi connectivity index (χ4n) is 1.66. The monoisotopic (exact) mass is 258 g/mol. The van der Waals surface area contributed by atoms with Crippen LogP contribution < -0.4 is 0 Å². The molecule has 1 aromatic rings. The second-order valence-corrected chi connectivity index (χ2v) is 4.03. The number of phenolic OH excluding ortho intramolecular Hbond substituents is 1. The van der Waals surface area contributed by atoms with Gasteiger partial charge in [-0.2, -0.15) is 0 Å². The van der Waals surface area contributed by atoms with Gasteiger partial charge in [0, 0.05) is 18.9 Å². The lowest BCUT2D eigenvalue weighted by molar-refractivity contribution is -0.143. The molecule has 100 valence electrons. The number of ether oxygens (including phenoxy) is 1. The number of alkyl halides is 2. The fraction of sp³-hybridized carbons (Fsp3) is 0.462. The van der Waals surface area contributed by atoms with Crippen molar-refractivity contribution in [2.24, 2.45) is 0 Å². The van der Waals surface area contributed by atoms with Crippen LogP contribution in [-0.4, -0.2) is 17.7 Å². The molecule has 1 N–H and O–H groups in total. The lowest BCUT2D eigenvalue weighted by atomic mass is 9.98. The normalized spacial score (nSPS) is 11.3. The van der Waals surface area contributed by atoms with Crippen LogP contribution in [0.4, 0.5) is 8.78 Å². The molecule has 0 aromatic heterocycles. The molecular formula is C13H16F2O3. The van der Waals surface area contributed by atoms with E-state index in [0.29, 0.717) is 5.56 Å². The van der Waals surface area contributed by atoms with Gasteiger partial charge in [0.05, 0.1) is 6.61 Å². The van der Waals surface area contributed by atoms with Gasteiger partial charge in [0.1, 0.15) is 5.75 Å². The van der Waals surface area contributed by atoms with E-state index in [1.807, 2.05) is 0 Å². The van der Waals surface area contributed by atoms with Crippen LogP contribution in [0.2, 0.25) is 0 Å². The van der Waals surface area contributed by atoms with Gasteiger partial charge in [-0.05, 0) is 31.0 Å². The fourth-order valence-corrected chi connectivity index (χ4v) is 1.66. The van der Waals surface area contributed by atoms with Crippen LogP contribution in [0.1, 0.15) is 31.4 Å². The van der Waals surface area contributed by atoms with Crippen molar-refractivity contribution in [3.63, 3.8) is 0 Å². The Morgan fingerprint density at radius 1 is 1.44 bits per heavy atom. The van der Waals surface area contributed by atoms with Crippen LogP contribution in [-0.2, 0) is 21.9 Å². The first kappa shape index (κ1) is 14.4. The lowest BCUT2D eigenvalue weighted by Crippen LogP contribution is -2.12. The maximum absolute atomic E-state index is 13.3. The molecule has 5 heteroatoms. The van der Waals surface area contributed by atoms with Crippen molar-refractivity contribution >= 4 is 5.97 Å². The van der Waals surface area contributed by atoms with Gasteiger partial charge in [0.2, 0.25) is 0 Å². The van der Waals surface area contributed by atoms with Gasteiger partial charge >= 0.3 is 5.97 Å². The lowest BCUT2D eigenvalue weighted by Gasteiger charge is -2.16. The number of halogens is 2. The number of carbonyl (C=O) groups excluding carboxylic acids is 1. The van der Waals surface area contributed by atoms with Crippen LogP contribution in [0.25, 0.3) is 0 Å². The number of phenols is 1. The van der Waals surface area contributed by atoms with Crippen molar-refractivity contribution in [2.75, 3.05) is 6.61 Å². The zero-order valence-corrected chi connectivity index (χ0v) is 10.4. The Bertz CT molecular complexity index is 425. The smallest absolute Gasteiger partial charge is 0.306 e. The van der Waals surface area contributed by atoms with Crippen LogP contribution in [0.3, 0.4) is 0 Å². The highest BCUT2D eigenvalue weighted by Gasteiger charge is 2.28. The first-order valence-corrected chi connectivity index (χ1v) is 5.70.